The lowest BCUT2D eigenvalue weighted by Crippen LogP contribution is -2.26. The number of anilines is 1. The van der Waals surface area contributed by atoms with Gasteiger partial charge in [-0.2, -0.15) is 0 Å². The van der Waals surface area contributed by atoms with Gasteiger partial charge in [0.15, 0.2) is 0 Å². The second-order valence-electron chi connectivity index (χ2n) is 11.6. The molecule has 0 bridgehead atoms. The van der Waals surface area contributed by atoms with E-state index in [4.69, 9.17) is 9.98 Å². The Morgan fingerprint density at radius 2 is 1.73 bits per heavy atom. The van der Waals surface area contributed by atoms with E-state index in [1.165, 1.54) is 38.7 Å². The molecule has 0 spiro atoms. The summed E-state index contributed by atoms with van der Waals surface area (Å²) in [4.78, 5) is 17.5. The van der Waals surface area contributed by atoms with Crippen LogP contribution in [0.1, 0.15) is 29.5 Å². The molecule has 0 amide bonds. The number of fused-ring (bicyclic) bond motifs is 10. The van der Waals surface area contributed by atoms with Crippen molar-refractivity contribution in [2.24, 2.45) is 9.98 Å². The molecule has 0 radical (unpaired) electrons. The van der Waals surface area contributed by atoms with E-state index in [-0.39, 0.29) is 0 Å². The Balaban J connectivity index is 1.27. The van der Waals surface area contributed by atoms with Crippen LogP contribution in [0.15, 0.2) is 142 Å². The average Bonchev–Trinajstić information content (AvgIpc) is 3.40. The molecule has 5 nitrogen and oxygen atoms in total. The fourth-order valence-corrected chi connectivity index (χ4v) is 7.27. The summed E-state index contributed by atoms with van der Waals surface area (Å²) in [5.74, 6) is 0.880. The zero-order valence-electron chi connectivity index (χ0n) is 24.2. The lowest BCUT2D eigenvalue weighted by Gasteiger charge is -2.28. The van der Waals surface area contributed by atoms with Crippen molar-refractivity contribution in [1.82, 2.24) is 9.55 Å². The number of rotatable bonds is 3. The summed E-state index contributed by atoms with van der Waals surface area (Å²) in [6, 6.07) is 30.2. The molecule has 210 valence electrons. The maximum absolute atomic E-state index is 5.34. The molecule has 1 aromatic heterocycles. The number of aliphatic imine (C=N–C) groups is 2. The minimum atomic E-state index is 0.418. The van der Waals surface area contributed by atoms with Crippen LogP contribution in [-0.2, 0) is 6.42 Å². The molecule has 2 heterocycles. The minimum Gasteiger partial charge on any atom is -0.291 e. The van der Waals surface area contributed by atoms with Gasteiger partial charge < -0.3 is 0 Å². The summed E-state index contributed by atoms with van der Waals surface area (Å²) in [6.07, 6.45) is 13.8. The summed E-state index contributed by atoms with van der Waals surface area (Å²) >= 11 is 0. The molecule has 44 heavy (non-hydrogen) atoms. The maximum atomic E-state index is 5.34. The van der Waals surface area contributed by atoms with E-state index in [9.17, 15) is 0 Å². The molecule has 0 atom stereocenters. The summed E-state index contributed by atoms with van der Waals surface area (Å²) in [6.45, 7) is 4.39. The second kappa shape index (κ2) is 9.75. The van der Waals surface area contributed by atoms with Crippen molar-refractivity contribution in [2.75, 3.05) is 11.6 Å². The van der Waals surface area contributed by atoms with Crippen LogP contribution in [0.5, 0.6) is 0 Å². The average molecular weight is 568 g/mol. The highest BCUT2D eigenvalue weighted by molar-refractivity contribution is 6.18. The van der Waals surface area contributed by atoms with Crippen molar-refractivity contribution >= 4 is 51.5 Å². The van der Waals surface area contributed by atoms with Gasteiger partial charge in [0.25, 0.3) is 0 Å². The van der Waals surface area contributed by atoms with Crippen LogP contribution in [0.4, 0.5) is 5.95 Å². The smallest absolute Gasteiger partial charge is 0.217 e. The summed E-state index contributed by atoms with van der Waals surface area (Å²) in [5.41, 5.74) is 13.5. The van der Waals surface area contributed by atoms with Gasteiger partial charge in [0.1, 0.15) is 6.67 Å². The Kier molecular flexibility index (Phi) is 5.54. The zero-order valence-corrected chi connectivity index (χ0v) is 24.2. The standard InChI is InChI=1S/C39H29N5/c1-40-37-28-14-4-3-12-26(28)23-27-13-10-18-33(36(27)37)41-24-43-34-19-8-6-16-30(34)31-22-21-25-11-2-5-15-29(25)38(31)44-35-20-9-7-17-32(35)42-39(43)44/h2-5,7-15,17-22H,1,6,16,23-24H2/b41-33-. The van der Waals surface area contributed by atoms with Crippen molar-refractivity contribution < 1.29 is 0 Å². The van der Waals surface area contributed by atoms with Crippen LogP contribution in [0, 0.1) is 0 Å². The SMILES string of the molecule is C=NC1=C2C(=CC=C/C2=N/CN2C3=C(CCC=C3)c3ccc4ccccc4c3-n3c2nc2ccccc23)Cc2ccccc21. The summed E-state index contributed by atoms with van der Waals surface area (Å²) in [7, 11) is 0. The van der Waals surface area contributed by atoms with E-state index in [1.54, 1.807) is 0 Å². The number of nitrogens with zero attached hydrogens (tertiary/aromatic N) is 5. The van der Waals surface area contributed by atoms with Crippen LogP contribution in [0.3, 0.4) is 0 Å². The Morgan fingerprint density at radius 1 is 0.864 bits per heavy atom. The number of hydrogen-bond acceptors (Lipinski definition) is 4. The van der Waals surface area contributed by atoms with Gasteiger partial charge in [0, 0.05) is 27.8 Å². The first kappa shape index (κ1) is 25.0. The fourth-order valence-electron chi connectivity index (χ4n) is 7.27. The molecule has 3 aliphatic carbocycles. The lowest BCUT2D eigenvalue weighted by molar-refractivity contribution is 0.875. The van der Waals surface area contributed by atoms with Gasteiger partial charge in [-0.05, 0) is 72.4 Å². The van der Waals surface area contributed by atoms with Crippen molar-refractivity contribution in [3.8, 4) is 5.69 Å². The number of para-hydroxylation sites is 2. The zero-order chi connectivity index (χ0) is 29.2. The first-order valence-electron chi connectivity index (χ1n) is 15.2. The summed E-state index contributed by atoms with van der Waals surface area (Å²) < 4.78 is 2.36. The summed E-state index contributed by atoms with van der Waals surface area (Å²) in [5, 5.41) is 2.44. The molecule has 0 N–H and O–H groups in total. The largest absolute Gasteiger partial charge is 0.291 e. The van der Waals surface area contributed by atoms with Crippen LogP contribution >= 0.6 is 0 Å². The van der Waals surface area contributed by atoms with Gasteiger partial charge in [0.05, 0.1) is 28.1 Å². The number of allylic oxidation sites excluding steroid dienone is 8. The fraction of sp³-hybridized carbons (Fsp3) is 0.103. The number of imidazole rings is 1. The minimum absolute atomic E-state index is 0.418. The molecule has 0 saturated carbocycles. The topological polar surface area (TPSA) is 45.8 Å². The van der Waals surface area contributed by atoms with Crippen molar-refractivity contribution in [1.29, 1.82) is 0 Å². The van der Waals surface area contributed by atoms with Crippen molar-refractivity contribution in [3.63, 3.8) is 0 Å². The maximum Gasteiger partial charge on any atom is 0.217 e. The van der Waals surface area contributed by atoms with E-state index < -0.39 is 0 Å². The van der Waals surface area contributed by atoms with Gasteiger partial charge in [-0.1, -0.05) is 91.0 Å². The molecule has 0 unspecified atom stereocenters. The third-order valence-electron chi connectivity index (χ3n) is 9.23. The van der Waals surface area contributed by atoms with E-state index in [1.807, 2.05) is 0 Å². The van der Waals surface area contributed by atoms with Crippen LogP contribution < -0.4 is 4.90 Å². The second-order valence-corrected chi connectivity index (χ2v) is 11.6. The quantitative estimate of drug-likeness (QED) is 0.205. The molecule has 4 aliphatic rings. The van der Waals surface area contributed by atoms with Gasteiger partial charge in [0.2, 0.25) is 5.95 Å². The van der Waals surface area contributed by atoms with Crippen LogP contribution in [0.25, 0.3) is 38.8 Å². The van der Waals surface area contributed by atoms with Gasteiger partial charge in [-0.25, -0.2) is 4.98 Å². The molecular formula is C39H29N5. The molecular weight excluding hydrogens is 538 g/mol. The van der Waals surface area contributed by atoms with Crippen LogP contribution in [-0.4, -0.2) is 28.6 Å². The molecule has 4 aromatic carbocycles. The van der Waals surface area contributed by atoms with E-state index in [0.717, 1.165) is 64.5 Å². The molecule has 0 saturated heterocycles. The Labute approximate surface area is 255 Å². The number of benzene rings is 4. The van der Waals surface area contributed by atoms with E-state index in [2.05, 4.69) is 136 Å². The van der Waals surface area contributed by atoms with E-state index >= 15 is 0 Å². The van der Waals surface area contributed by atoms with Gasteiger partial charge in [-0.15, -0.1) is 0 Å². The lowest BCUT2D eigenvalue weighted by atomic mass is 9.81. The van der Waals surface area contributed by atoms with Crippen molar-refractivity contribution in [2.45, 2.75) is 19.3 Å². The predicted molar refractivity (Wildman–Crippen MR) is 182 cm³/mol. The highest BCUT2D eigenvalue weighted by atomic mass is 15.4. The number of hydrogen-bond donors (Lipinski definition) is 0. The predicted octanol–water partition coefficient (Wildman–Crippen LogP) is 8.62. The molecule has 5 aromatic rings. The molecule has 0 fully saturated rings. The van der Waals surface area contributed by atoms with Crippen LogP contribution in [0.2, 0.25) is 0 Å². The van der Waals surface area contributed by atoms with E-state index in [0.29, 0.717) is 6.67 Å². The van der Waals surface area contributed by atoms with Gasteiger partial charge in [-0.3, -0.25) is 19.5 Å². The highest BCUT2D eigenvalue weighted by Gasteiger charge is 2.31. The highest BCUT2D eigenvalue weighted by Crippen LogP contribution is 2.45. The normalized spacial score (nSPS) is 17.7. The monoisotopic (exact) mass is 567 g/mol. The first-order valence-corrected chi connectivity index (χ1v) is 15.2. The third kappa shape index (κ3) is 3.62. The molecule has 5 heteroatoms. The molecule has 9 rings (SSSR count). The Bertz CT molecular complexity index is 2250. The number of aromatic nitrogens is 2. The first-order chi connectivity index (χ1) is 21.8. The third-order valence-corrected chi connectivity index (χ3v) is 9.23. The van der Waals surface area contributed by atoms with Gasteiger partial charge >= 0.3 is 0 Å². The molecule has 1 aliphatic heterocycles. The van der Waals surface area contributed by atoms with Crippen molar-refractivity contribution in [3.05, 3.63) is 149 Å². The Hall–Kier alpha value is -5.55. The Morgan fingerprint density at radius 3 is 2.68 bits per heavy atom.